The number of hydrogen-bond acceptors (Lipinski definition) is 3. The van der Waals surface area contributed by atoms with Gasteiger partial charge in [0, 0.05) is 11.8 Å². The van der Waals surface area contributed by atoms with Gasteiger partial charge < -0.3 is 11.5 Å². The zero-order chi connectivity index (χ0) is 15.3. The molecule has 0 aliphatic carbocycles. The first-order valence-corrected chi connectivity index (χ1v) is 7.73. The van der Waals surface area contributed by atoms with Crippen LogP contribution in [0.15, 0.2) is 40.2 Å². The molecule has 0 radical (unpaired) electrons. The molecular formula is C13H17N3O3S. The first kappa shape index (κ1) is 15.9. The smallest absolute Gasteiger partial charge is 0.280 e. The predicted molar refractivity (Wildman–Crippen MR) is 78.2 cm³/mol. The second kappa shape index (κ2) is 6.33. The third-order valence-corrected chi connectivity index (χ3v) is 3.70. The van der Waals surface area contributed by atoms with Crippen LogP contribution < -0.4 is 11.5 Å². The highest BCUT2D eigenvalue weighted by molar-refractivity contribution is 7.90. The predicted octanol–water partition coefficient (Wildman–Crippen LogP) is 0.622. The number of nitrogens with two attached hydrogens (primary N) is 2. The molecule has 0 unspecified atom stereocenters. The lowest BCUT2D eigenvalue weighted by Crippen LogP contribution is -2.24. The van der Waals surface area contributed by atoms with E-state index in [-0.39, 0.29) is 16.4 Å². The van der Waals surface area contributed by atoms with Gasteiger partial charge in [0.15, 0.2) is 15.8 Å². The number of guanidine groups is 1. The van der Waals surface area contributed by atoms with Crippen LogP contribution in [0.25, 0.3) is 0 Å². The van der Waals surface area contributed by atoms with Gasteiger partial charge in [-0.05, 0) is 31.0 Å². The van der Waals surface area contributed by atoms with Gasteiger partial charge in [-0.1, -0.05) is 18.2 Å². The summed E-state index contributed by atoms with van der Waals surface area (Å²) in [6, 6.07) is 4.39. The molecule has 0 saturated carbocycles. The van der Waals surface area contributed by atoms with Crippen LogP contribution in [0.3, 0.4) is 0 Å². The summed E-state index contributed by atoms with van der Waals surface area (Å²) in [6.45, 7) is 1.84. The minimum atomic E-state index is -3.45. The number of hydrogen-bond donors (Lipinski definition) is 2. The van der Waals surface area contributed by atoms with Crippen molar-refractivity contribution in [3.8, 4) is 0 Å². The van der Waals surface area contributed by atoms with Gasteiger partial charge in [-0.2, -0.15) is 4.99 Å². The summed E-state index contributed by atoms with van der Waals surface area (Å²) in [5.74, 6) is -1.04. The van der Waals surface area contributed by atoms with Crippen LogP contribution in [0.4, 0.5) is 0 Å². The van der Waals surface area contributed by atoms with Crippen molar-refractivity contribution in [1.29, 1.82) is 0 Å². The van der Waals surface area contributed by atoms with Crippen LogP contribution in [-0.4, -0.2) is 26.5 Å². The highest BCUT2D eigenvalue weighted by Crippen LogP contribution is 2.19. The average Bonchev–Trinajstić information content (AvgIpc) is 2.34. The highest BCUT2D eigenvalue weighted by atomic mass is 32.2. The van der Waals surface area contributed by atoms with Gasteiger partial charge in [0.05, 0.1) is 4.90 Å². The summed E-state index contributed by atoms with van der Waals surface area (Å²) in [4.78, 5) is 15.2. The minimum Gasteiger partial charge on any atom is -0.370 e. The molecule has 6 nitrogen and oxygen atoms in total. The van der Waals surface area contributed by atoms with Crippen LogP contribution in [-0.2, 0) is 16.3 Å². The van der Waals surface area contributed by atoms with Crippen LogP contribution >= 0.6 is 0 Å². The van der Waals surface area contributed by atoms with Gasteiger partial charge in [-0.3, -0.25) is 4.79 Å². The van der Waals surface area contributed by atoms with Crippen molar-refractivity contribution in [2.45, 2.75) is 18.2 Å². The lowest BCUT2D eigenvalue weighted by molar-refractivity contribution is 0.100. The van der Waals surface area contributed by atoms with E-state index >= 15 is 0 Å². The molecule has 0 aromatic heterocycles. The average molecular weight is 295 g/mol. The minimum absolute atomic E-state index is 0.104. The van der Waals surface area contributed by atoms with E-state index in [9.17, 15) is 13.2 Å². The molecular weight excluding hydrogens is 278 g/mol. The Balaban J connectivity index is 3.35. The van der Waals surface area contributed by atoms with Crippen LogP contribution in [0.5, 0.6) is 0 Å². The molecule has 0 fully saturated rings. The Morgan fingerprint density at radius 3 is 2.50 bits per heavy atom. The Morgan fingerprint density at radius 2 is 2.00 bits per heavy atom. The largest absolute Gasteiger partial charge is 0.370 e. The van der Waals surface area contributed by atoms with Crippen LogP contribution in [0.1, 0.15) is 22.8 Å². The number of carbonyl (C=O) groups is 1. The molecule has 0 bridgehead atoms. The van der Waals surface area contributed by atoms with Gasteiger partial charge >= 0.3 is 0 Å². The molecule has 0 aliphatic rings. The van der Waals surface area contributed by atoms with Gasteiger partial charge in [0.2, 0.25) is 0 Å². The summed E-state index contributed by atoms with van der Waals surface area (Å²) >= 11 is 0. The molecule has 0 atom stereocenters. The fourth-order valence-corrected chi connectivity index (χ4v) is 2.60. The van der Waals surface area contributed by atoms with E-state index in [1.165, 1.54) is 12.1 Å². The highest BCUT2D eigenvalue weighted by Gasteiger charge is 2.16. The van der Waals surface area contributed by atoms with E-state index in [1.807, 2.05) is 19.1 Å². The van der Waals surface area contributed by atoms with Crippen LogP contribution in [0.2, 0.25) is 0 Å². The molecule has 7 heteroatoms. The summed E-state index contributed by atoms with van der Waals surface area (Å²) in [5.41, 5.74) is 11.0. The Hall–Kier alpha value is -2.15. The van der Waals surface area contributed by atoms with E-state index < -0.39 is 15.7 Å². The maximum atomic E-state index is 11.8. The number of rotatable bonds is 4. The van der Waals surface area contributed by atoms with Crippen molar-refractivity contribution in [1.82, 2.24) is 0 Å². The molecule has 20 heavy (non-hydrogen) atoms. The maximum absolute atomic E-state index is 11.8. The second-order valence-electron chi connectivity index (χ2n) is 4.21. The van der Waals surface area contributed by atoms with E-state index in [4.69, 9.17) is 11.5 Å². The topological polar surface area (TPSA) is 116 Å². The third kappa shape index (κ3) is 4.20. The molecule has 1 aromatic rings. The van der Waals surface area contributed by atoms with E-state index in [1.54, 1.807) is 6.07 Å². The number of nitrogens with zero attached hydrogens (tertiary/aromatic N) is 1. The van der Waals surface area contributed by atoms with E-state index in [2.05, 4.69) is 4.99 Å². The number of benzene rings is 1. The SMILES string of the molecule is C/C=C/Cc1ccc(C(=O)N=C(N)N)cc1S(C)(=O)=O. The molecule has 0 saturated heterocycles. The Morgan fingerprint density at radius 1 is 1.35 bits per heavy atom. The Labute approximate surface area is 118 Å². The first-order chi connectivity index (χ1) is 9.25. The molecule has 108 valence electrons. The number of sulfone groups is 1. The van der Waals surface area contributed by atoms with Crippen molar-refractivity contribution in [3.63, 3.8) is 0 Å². The van der Waals surface area contributed by atoms with Gasteiger partial charge in [0.1, 0.15) is 0 Å². The monoisotopic (exact) mass is 295 g/mol. The molecule has 1 amide bonds. The normalized spacial score (nSPS) is 11.5. The fraction of sp³-hybridized carbons (Fsp3) is 0.231. The zero-order valence-corrected chi connectivity index (χ0v) is 12.1. The summed E-state index contributed by atoms with van der Waals surface area (Å²) in [7, 11) is -3.45. The molecule has 0 heterocycles. The number of amides is 1. The molecule has 1 rings (SSSR count). The maximum Gasteiger partial charge on any atom is 0.280 e. The summed E-state index contributed by atoms with van der Waals surface area (Å²) < 4.78 is 23.6. The van der Waals surface area contributed by atoms with Crippen molar-refractivity contribution in [2.24, 2.45) is 16.5 Å². The summed E-state index contributed by atoms with van der Waals surface area (Å²) in [6.07, 6.45) is 5.22. The van der Waals surface area contributed by atoms with Crippen molar-refractivity contribution in [3.05, 3.63) is 41.5 Å². The lowest BCUT2D eigenvalue weighted by atomic mass is 10.1. The van der Waals surface area contributed by atoms with Gasteiger partial charge in [-0.15, -0.1) is 0 Å². The van der Waals surface area contributed by atoms with Gasteiger partial charge in [-0.25, -0.2) is 8.42 Å². The fourth-order valence-electron chi connectivity index (χ4n) is 1.63. The number of aliphatic imine (C=N–C) groups is 1. The third-order valence-electron chi connectivity index (χ3n) is 2.52. The number of allylic oxidation sites excluding steroid dienone is 2. The molecule has 0 aliphatic heterocycles. The van der Waals surface area contributed by atoms with Crippen molar-refractivity contribution >= 4 is 21.7 Å². The number of carbonyl (C=O) groups excluding carboxylic acids is 1. The van der Waals surface area contributed by atoms with Crippen LogP contribution in [0, 0.1) is 0 Å². The second-order valence-corrected chi connectivity index (χ2v) is 6.19. The lowest BCUT2D eigenvalue weighted by Gasteiger charge is -2.07. The summed E-state index contributed by atoms with van der Waals surface area (Å²) in [5, 5.41) is 0. The first-order valence-electron chi connectivity index (χ1n) is 5.83. The quantitative estimate of drug-likeness (QED) is 0.480. The van der Waals surface area contributed by atoms with Crippen molar-refractivity contribution < 1.29 is 13.2 Å². The molecule has 1 aromatic carbocycles. The standard InChI is InChI=1S/C13H17N3O3S/c1-3-4-5-9-6-7-10(12(17)16-13(14)15)8-11(9)20(2,18)19/h3-4,6-8H,5H2,1-2H3,(H4,14,15,16,17)/b4-3+. The molecule has 4 N–H and O–H groups in total. The van der Waals surface area contributed by atoms with E-state index in [0.717, 1.165) is 6.26 Å². The Bertz CT molecular complexity index is 672. The Kier molecular flexibility index (Phi) is 5.04. The van der Waals surface area contributed by atoms with Crippen molar-refractivity contribution in [2.75, 3.05) is 6.26 Å². The van der Waals surface area contributed by atoms with E-state index in [0.29, 0.717) is 12.0 Å². The van der Waals surface area contributed by atoms with Gasteiger partial charge in [0.25, 0.3) is 5.91 Å². The zero-order valence-electron chi connectivity index (χ0n) is 11.3. The molecule has 0 spiro atoms.